The number of thiazole rings is 2. The lowest BCUT2D eigenvalue weighted by Crippen LogP contribution is -2.11. The molecule has 0 fully saturated rings. The predicted molar refractivity (Wildman–Crippen MR) is 114 cm³/mol. The molecule has 0 aliphatic carbocycles. The summed E-state index contributed by atoms with van der Waals surface area (Å²) in [7, 11) is 0. The summed E-state index contributed by atoms with van der Waals surface area (Å²) < 4.78 is 14.0. The average Bonchev–Trinajstić information content (AvgIpc) is 3.24. The Hall–Kier alpha value is -3.17. The van der Waals surface area contributed by atoms with Gasteiger partial charge < -0.3 is 5.32 Å². The number of aryl methyl sites for hydroxylation is 1. The first-order valence-electron chi connectivity index (χ1n) is 8.62. The van der Waals surface area contributed by atoms with Crippen molar-refractivity contribution < 1.29 is 14.0 Å². The van der Waals surface area contributed by atoms with Crippen LogP contribution in [0.2, 0.25) is 0 Å². The van der Waals surface area contributed by atoms with E-state index in [1.54, 1.807) is 31.2 Å². The molecule has 4 rings (SSSR count). The number of nitrogens with one attached hydrogen (secondary N) is 2. The molecule has 0 saturated carbocycles. The van der Waals surface area contributed by atoms with Crippen molar-refractivity contribution in [3.8, 4) is 10.6 Å². The molecule has 2 aromatic heterocycles. The Morgan fingerprint density at radius 1 is 1.00 bits per heavy atom. The smallest absolute Gasteiger partial charge is 0.269 e. The second kappa shape index (κ2) is 7.69. The highest BCUT2D eigenvalue weighted by Crippen LogP contribution is 2.31. The van der Waals surface area contributed by atoms with Crippen LogP contribution in [0.3, 0.4) is 0 Å². The van der Waals surface area contributed by atoms with Gasteiger partial charge >= 0.3 is 0 Å². The van der Waals surface area contributed by atoms with Crippen LogP contribution in [0.15, 0.2) is 42.5 Å². The maximum atomic E-state index is 13.1. The van der Waals surface area contributed by atoms with Gasteiger partial charge in [0.25, 0.3) is 5.91 Å². The normalized spacial score (nSPS) is 10.9. The van der Waals surface area contributed by atoms with Gasteiger partial charge in [-0.05, 0) is 49.4 Å². The molecule has 2 heterocycles. The Morgan fingerprint density at radius 2 is 1.76 bits per heavy atom. The molecular weight excluding hydrogens is 411 g/mol. The van der Waals surface area contributed by atoms with E-state index < -0.39 is 0 Å². The fourth-order valence-corrected chi connectivity index (χ4v) is 4.60. The zero-order valence-electron chi connectivity index (χ0n) is 15.4. The van der Waals surface area contributed by atoms with E-state index >= 15 is 0 Å². The summed E-state index contributed by atoms with van der Waals surface area (Å²) in [6.07, 6.45) is 0. The summed E-state index contributed by atoms with van der Waals surface area (Å²) in [6.45, 7) is 3.20. The van der Waals surface area contributed by atoms with Crippen LogP contribution in [0, 0.1) is 12.7 Å². The molecule has 2 amide bonds. The zero-order chi connectivity index (χ0) is 20.5. The van der Waals surface area contributed by atoms with Crippen molar-refractivity contribution in [2.45, 2.75) is 13.8 Å². The third-order valence-corrected chi connectivity index (χ3v) is 6.16. The van der Waals surface area contributed by atoms with Crippen molar-refractivity contribution in [2.24, 2.45) is 0 Å². The van der Waals surface area contributed by atoms with Crippen LogP contribution in [0.4, 0.5) is 15.2 Å². The molecule has 2 aromatic carbocycles. The van der Waals surface area contributed by atoms with Crippen LogP contribution < -0.4 is 10.6 Å². The molecule has 4 aromatic rings. The Bertz CT molecular complexity index is 1230. The summed E-state index contributed by atoms with van der Waals surface area (Å²) in [5.41, 5.74) is 2.76. The van der Waals surface area contributed by atoms with Crippen molar-refractivity contribution in [3.63, 3.8) is 0 Å². The first kappa shape index (κ1) is 19.2. The van der Waals surface area contributed by atoms with E-state index in [4.69, 9.17) is 0 Å². The highest BCUT2D eigenvalue weighted by atomic mass is 32.1. The maximum Gasteiger partial charge on any atom is 0.269 e. The first-order valence-corrected chi connectivity index (χ1v) is 10.3. The Kier molecular flexibility index (Phi) is 5.08. The van der Waals surface area contributed by atoms with E-state index in [9.17, 15) is 14.0 Å². The molecule has 0 bridgehead atoms. The van der Waals surface area contributed by atoms with Gasteiger partial charge in [0.05, 0.1) is 15.9 Å². The second-order valence-electron chi connectivity index (χ2n) is 6.28. The van der Waals surface area contributed by atoms with Crippen LogP contribution in [0.25, 0.3) is 20.8 Å². The number of carbonyl (C=O) groups is 2. The average molecular weight is 426 g/mol. The van der Waals surface area contributed by atoms with Gasteiger partial charge in [-0.25, -0.2) is 14.4 Å². The molecule has 0 unspecified atom stereocenters. The molecule has 9 heteroatoms. The maximum absolute atomic E-state index is 13.1. The van der Waals surface area contributed by atoms with Crippen molar-refractivity contribution >= 4 is 55.5 Å². The van der Waals surface area contributed by atoms with E-state index in [-0.39, 0.29) is 17.6 Å². The molecule has 2 N–H and O–H groups in total. The van der Waals surface area contributed by atoms with Crippen molar-refractivity contribution in [1.82, 2.24) is 9.97 Å². The quantitative estimate of drug-likeness (QED) is 0.477. The minimum Gasteiger partial charge on any atom is -0.326 e. The minimum atomic E-state index is -0.322. The van der Waals surface area contributed by atoms with Crippen LogP contribution in [0.1, 0.15) is 22.3 Å². The van der Waals surface area contributed by atoms with Crippen molar-refractivity contribution in [2.75, 3.05) is 10.6 Å². The Balaban J connectivity index is 1.56. The fraction of sp³-hybridized carbons (Fsp3) is 0.100. The van der Waals surface area contributed by atoms with Gasteiger partial charge in [0.15, 0.2) is 5.13 Å². The van der Waals surface area contributed by atoms with Crippen LogP contribution in [0.5, 0.6) is 0 Å². The lowest BCUT2D eigenvalue weighted by molar-refractivity contribution is -0.114. The zero-order valence-corrected chi connectivity index (χ0v) is 17.1. The lowest BCUT2D eigenvalue weighted by Gasteiger charge is -1.99. The number of hydrogen-bond acceptors (Lipinski definition) is 6. The number of halogens is 1. The fourth-order valence-electron chi connectivity index (χ4n) is 2.74. The molecule has 0 atom stereocenters. The molecule has 146 valence electrons. The topological polar surface area (TPSA) is 84.0 Å². The first-order chi connectivity index (χ1) is 13.9. The SMILES string of the molecule is CC(=O)Nc1ccc2nc(NC(=O)c3sc(-c4ccc(F)cc4)nc3C)sc2c1. The van der Waals surface area contributed by atoms with Crippen LogP contribution in [-0.4, -0.2) is 21.8 Å². The molecule has 0 spiro atoms. The number of hydrogen-bond donors (Lipinski definition) is 2. The van der Waals surface area contributed by atoms with Crippen molar-refractivity contribution in [1.29, 1.82) is 0 Å². The number of nitrogens with zero attached hydrogens (tertiary/aromatic N) is 2. The number of rotatable bonds is 4. The summed E-state index contributed by atoms with van der Waals surface area (Å²) >= 11 is 2.57. The number of benzene rings is 2. The summed E-state index contributed by atoms with van der Waals surface area (Å²) in [5, 5.41) is 6.65. The Morgan fingerprint density at radius 3 is 2.48 bits per heavy atom. The van der Waals surface area contributed by atoms with Crippen LogP contribution in [-0.2, 0) is 4.79 Å². The molecular formula is C20H15FN4O2S2. The highest BCUT2D eigenvalue weighted by molar-refractivity contribution is 7.22. The third kappa shape index (κ3) is 4.15. The van der Waals surface area contributed by atoms with Gasteiger partial charge in [-0.1, -0.05) is 11.3 Å². The number of carbonyl (C=O) groups excluding carboxylic acids is 2. The standard InChI is InChI=1S/C20H15FN4O2S2/c1-10-17(29-19(22-10)12-3-5-13(21)6-4-12)18(27)25-20-24-15-8-7-14(23-11(2)26)9-16(15)28-20/h3-9H,1-2H3,(H,23,26)(H,24,25,27). The van der Waals surface area contributed by atoms with E-state index in [0.29, 0.717) is 26.4 Å². The van der Waals surface area contributed by atoms with Gasteiger partial charge in [0.1, 0.15) is 15.7 Å². The predicted octanol–water partition coefficient (Wildman–Crippen LogP) is 5.08. The van der Waals surface area contributed by atoms with E-state index in [0.717, 1.165) is 15.8 Å². The largest absolute Gasteiger partial charge is 0.326 e. The van der Waals surface area contributed by atoms with Gasteiger partial charge in [-0.3, -0.25) is 14.9 Å². The van der Waals surface area contributed by atoms with E-state index in [1.165, 1.54) is 41.7 Å². The van der Waals surface area contributed by atoms with Gasteiger partial charge in [-0.15, -0.1) is 11.3 Å². The molecule has 0 aliphatic heterocycles. The third-order valence-electron chi connectivity index (χ3n) is 4.02. The number of fused-ring (bicyclic) bond motifs is 1. The second-order valence-corrected chi connectivity index (χ2v) is 8.31. The number of amides is 2. The van der Waals surface area contributed by atoms with Gasteiger partial charge in [0, 0.05) is 18.2 Å². The summed E-state index contributed by atoms with van der Waals surface area (Å²) in [4.78, 5) is 33.3. The number of anilines is 2. The highest BCUT2D eigenvalue weighted by Gasteiger charge is 2.18. The summed E-state index contributed by atoms with van der Waals surface area (Å²) in [6, 6.07) is 11.4. The summed E-state index contributed by atoms with van der Waals surface area (Å²) in [5.74, 6) is -0.771. The molecule has 0 radical (unpaired) electrons. The van der Waals surface area contributed by atoms with Gasteiger partial charge in [0.2, 0.25) is 5.91 Å². The number of aromatic nitrogens is 2. The monoisotopic (exact) mass is 426 g/mol. The molecule has 0 aliphatic rings. The van der Waals surface area contributed by atoms with E-state index in [1.807, 2.05) is 6.07 Å². The van der Waals surface area contributed by atoms with Gasteiger partial charge in [-0.2, -0.15) is 0 Å². The molecule has 29 heavy (non-hydrogen) atoms. The lowest BCUT2D eigenvalue weighted by atomic mass is 10.2. The molecule has 6 nitrogen and oxygen atoms in total. The Labute approximate surface area is 173 Å². The van der Waals surface area contributed by atoms with Crippen molar-refractivity contribution in [3.05, 3.63) is 58.9 Å². The molecule has 0 saturated heterocycles. The minimum absolute atomic E-state index is 0.153. The van der Waals surface area contributed by atoms with Crippen LogP contribution >= 0.6 is 22.7 Å². The van der Waals surface area contributed by atoms with E-state index in [2.05, 4.69) is 20.6 Å².